The minimum absolute atomic E-state index is 0.00946. The van der Waals surface area contributed by atoms with Gasteiger partial charge >= 0.3 is 12.0 Å². The molecule has 0 bridgehead atoms. The van der Waals surface area contributed by atoms with Crippen LogP contribution in [0.3, 0.4) is 0 Å². The standard InChI is InChI=1S/C13H22N2O4/c1-8-4-14(6-11(8)12(16)17)13(18)15-5-10(3)19-7-9(15)2/h8-11H,4-7H2,1-3H3,(H,16,17)/t8-,9?,10?,11-/m1/s1. The number of amides is 2. The van der Waals surface area contributed by atoms with E-state index in [0.29, 0.717) is 26.2 Å². The summed E-state index contributed by atoms with van der Waals surface area (Å²) in [6.45, 7) is 7.73. The highest BCUT2D eigenvalue weighted by Crippen LogP contribution is 2.25. The van der Waals surface area contributed by atoms with Gasteiger partial charge in [0.05, 0.1) is 24.7 Å². The fourth-order valence-corrected chi connectivity index (χ4v) is 2.80. The third-order valence-corrected chi connectivity index (χ3v) is 4.05. The number of carboxylic acid groups (broad SMARTS) is 1. The molecule has 19 heavy (non-hydrogen) atoms. The zero-order chi connectivity index (χ0) is 14.2. The first-order valence-corrected chi connectivity index (χ1v) is 6.80. The minimum atomic E-state index is -0.814. The molecule has 0 spiro atoms. The van der Waals surface area contributed by atoms with Crippen LogP contribution in [-0.4, -0.2) is 65.3 Å². The molecule has 0 saturated carbocycles. The molecular weight excluding hydrogens is 248 g/mol. The van der Waals surface area contributed by atoms with Crippen LogP contribution >= 0.6 is 0 Å². The summed E-state index contributed by atoms with van der Waals surface area (Å²) in [6.07, 6.45) is 0.0375. The smallest absolute Gasteiger partial charge is 0.320 e. The first kappa shape index (κ1) is 14.1. The van der Waals surface area contributed by atoms with Gasteiger partial charge in [-0.1, -0.05) is 6.92 Å². The van der Waals surface area contributed by atoms with Crippen LogP contribution in [0.1, 0.15) is 20.8 Å². The summed E-state index contributed by atoms with van der Waals surface area (Å²) < 4.78 is 5.51. The lowest BCUT2D eigenvalue weighted by Crippen LogP contribution is -2.54. The van der Waals surface area contributed by atoms with E-state index in [9.17, 15) is 9.59 Å². The first-order valence-electron chi connectivity index (χ1n) is 6.80. The van der Waals surface area contributed by atoms with Crippen LogP contribution < -0.4 is 0 Å². The molecule has 0 aromatic carbocycles. The summed E-state index contributed by atoms with van der Waals surface area (Å²) in [5.74, 6) is -1.25. The number of rotatable bonds is 1. The molecule has 2 amide bonds. The highest BCUT2D eigenvalue weighted by atomic mass is 16.5. The molecule has 4 atom stereocenters. The van der Waals surface area contributed by atoms with Gasteiger partial charge < -0.3 is 19.6 Å². The maximum absolute atomic E-state index is 12.5. The summed E-state index contributed by atoms with van der Waals surface area (Å²) in [5.41, 5.74) is 0. The van der Waals surface area contributed by atoms with Gasteiger partial charge in [0.25, 0.3) is 0 Å². The van der Waals surface area contributed by atoms with Crippen molar-refractivity contribution in [2.45, 2.75) is 32.9 Å². The number of nitrogens with zero attached hydrogens (tertiary/aromatic N) is 2. The molecule has 2 rings (SSSR count). The van der Waals surface area contributed by atoms with Crippen molar-refractivity contribution in [1.29, 1.82) is 0 Å². The van der Waals surface area contributed by atoms with E-state index in [1.54, 1.807) is 9.80 Å². The monoisotopic (exact) mass is 270 g/mol. The van der Waals surface area contributed by atoms with Crippen LogP contribution in [0, 0.1) is 11.8 Å². The van der Waals surface area contributed by atoms with Gasteiger partial charge in [0.1, 0.15) is 0 Å². The van der Waals surface area contributed by atoms with E-state index in [1.165, 1.54) is 0 Å². The summed E-state index contributed by atoms with van der Waals surface area (Å²) >= 11 is 0. The SMILES string of the molecule is CC1CN(C(=O)N2C[C@@H](C)[C@H](C(=O)O)C2)C(C)CO1. The summed E-state index contributed by atoms with van der Waals surface area (Å²) in [7, 11) is 0. The maximum atomic E-state index is 12.5. The summed E-state index contributed by atoms with van der Waals surface area (Å²) in [5, 5.41) is 9.12. The fourth-order valence-electron chi connectivity index (χ4n) is 2.80. The zero-order valence-electron chi connectivity index (χ0n) is 11.7. The predicted molar refractivity (Wildman–Crippen MR) is 68.8 cm³/mol. The Kier molecular flexibility index (Phi) is 3.99. The molecule has 2 unspecified atom stereocenters. The number of morpholine rings is 1. The molecule has 2 heterocycles. The number of urea groups is 1. The van der Waals surface area contributed by atoms with Crippen molar-refractivity contribution in [2.75, 3.05) is 26.2 Å². The van der Waals surface area contributed by atoms with E-state index in [2.05, 4.69) is 0 Å². The molecule has 0 aromatic heterocycles. The normalized spacial score (nSPS) is 35.5. The lowest BCUT2D eigenvalue weighted by atomic mass is 9.99. The number of carbonyl (C=O) groups excluding carboxylic acids is 1. The van der Waals surface area contributed by atoms with Crippen LogP contribution in [0.4, 0.5) is 4.79 Å². The Hall–Kier alpha value is -1.30. The van der Waals surface area contributed by atoms with Crippen LogP contribution in [0.2, 0.25) is 0 Å². The van der Waals surface area contributed by atoms with E-state index in [0.717, 1.165) is 0 Å². The molecule has 2 aliphatic rings. The molecular formula is C13H22N2O4. The quantitative estimate of drug-likeness (QED) is 0.767. The van der Waals surface area contributed by atoms with Crippen LogP contribution in [0.25, 0.3) is 0 Å². The number of aliphatic carboxylic acids is 1. The lowest BCUT2D eigenvalue weighted by Gasteiger charge is -2.38. The second-order valence-electron chi connectivity index (χ2n) is 5.75. The Morgan fingerprint density at radius 2 is 1.84 bits per heavy atom. The van der Waals surface area contributed by atoms with Crippen molar-refractivity contribution < 1.29 is 19.4 Å². The Bertz CT molecular complexity index is 374. The van der Waals surface area contributed by atoms with Gasteiger partial charge in [-0.3, -0.25) is 4.79 Å². The highest BCUT2D eigenvalue weighted by Gasteiger charge is 2.40. The molecule has 2 saturated heterocycles. The Balaban J connectivity index is 2.02. The molecule has 108 valence electrons. The van der Waals surface area contributed by atoms with E-state index in [1.807, 2.05) is 20.8 Å². The Morgan fingerprint density at radius 3 is 2.42 bits per heavy atom. The molecule has 0 radical (unpaired) electrons. The Labute approximate surface area is 113 Å². The third-order valence-electron chi connectivity index (χ3n) is 4.05. The number of carboxylic acids is 1. The van der Waals surface area contributed by atoms with Gasteiger partial charge in [-0.15, -0.1) is 0 Å². The van der Waals surface area contributed by atoms with Crippen molar-refractivity contribution in [3.8, 4) is 0 Å². The van der Waals surface area contributed by atoms with Gasteiger partial charge in [-0.25, -0.2) is 4.79 Å². The number of hydrogen-bond acceptors (Lipinski definition) is 3. The minimum Gasteiger partial charge on any atom is -0.481 e. The average Bonchev–Trinajstić information content (AvgIpc) is 2.74. The number of ether oxygens (including phenoxy) is 1. The molecule has 2 aliphatic heterocycles. The van der Waals surface area contributed by atoms with E-state index in [4.69, 9.17) is 9.84 Å². The molecule has 0 aromatic rings. The molecule has 2 fully saturated rings. The van der Waals surface area contributed by atoms with Crippen LogP contribution in [0.15, 0.2) is 0 Å². The van der Waals surface area contributed by atoms with Crippen molar-refractivity contribution in [1.82, 2.24) is 9.80 Å². The van der Waals surface area contributed by atoms with E-state index in [-0.39, 0.29) is 24.1 Å². The van der Waals surface area contributed by atoms with Crippen LogP contribution in [0.5, 0.6) is 0 Å². The van der Waals surface area contributed by atoms with Gasteiger partial charge in [0, 0.05) is 19.6 Å². The topological polar surface area (TPSA) is 70.1 Å². The number of carbonyl (C=O) groups is 2. The average molecular weight is 270 g/mol. The van der Waals surface area contributed by atoms with E-state index >= 15 is 0 Å². The highest BCUT2D eigenvalue weighted by molar-refractivity contribution is 5.78. The molecule has 6 heteroatoms. The van der Waals surface area contributed by atoms with Gasteiger partial charge in [-0.2, -0.15) is 0 Å². The van der Waals surface area contributed by atoms with Crippen molar-refractivity contribution in [3.05, 3.63) is 0 Å². The van der Waals surface area contributed by atoms with Crippen molar-refractivity contribution in [2.24, 2.45) is 11.8 Å². The Morgan fingerprint density at radius 1 is 1.16 bits per heavy atom. The maximum Gasteiger partial charge on any atom is 0.320 e. The van der Waals surface area contributed by atoms with Crippen LogP contribution in [-0.2, 0) is 9.53 Å². The fraction of sp³-hybridized carbons (Fsp3) is 0.846. The molecule has 6 nitrogen and oxygen atoms in total. The first-order chi connectivity index (χ1) is 8.90. The van der Waals surface area contributed by atoms with E-state index < -0.39 is 11.9 Å². The zero-order valence-corrected chi connectivity index (χ0v) is 11.7. The van der Waals surface area contributed by atoms with Gasteiger partial charge in [0.2, 0.25) is 0 Å². The third kappa shape index (κ3) is 2.83. The second-order valence-corrected chi connectivity index (χ2v) is 5.75. The summed E-state index contributed by atoms with van der Waals surface area (Å²) in [4.78, 5) is 27.0. The second kappa shape index (κ2) is 5.36. The van der Waals surface area contributed by atoms with Gasteiger partial charge in [-0.05, 0) is 19.8 Å². The van der Waals surface area contributed by atoms with Crippen molar-refractivity contribution in [3.63, 3.8) is 0 Å². The number of hydrogen-bond donors (Lipinski definition) is 1. The lowest BCUT2D eigenvalue weighted by molar-refractivity contribution is -0.142. The van der Waals surface area contributed by atoms with Gasteiger partial charge in [0.15, 0.2) is 0 Å². The molecule has 0 aliphatic carbocycles. The van der Waals surface area contributed by atoms with Crippen molar-refractivity contribution >= 4 is 12.0 Å². The predicted octanol–water partition coefficient (Wildman–Crippen LogP) is 0.868. The number of likely N-dealkylation sites (tertiary alicyclic amines) is 1. The molecule has 1 N–H and O–H groups in total. The summed E-state index contributed by atoms with van der Waals surface area (Å²) in [6, 6.07) is -0.0128. The largest absolute Gasteiger partial charge is 0.481 e.